The Hall–Kier alpha value is -3.21. The zero-order valence-electron chi connectivity index (χ0n) is 17.8. The van der Waals surface area contributed by atoms with Crippen LogP contribution in [-0.4, -0.2) is 56.6 Å². The molecule has 1 aliphatic rings. The SMILES string of the molecule is CC(C)(O)CN1CCC[C@@H](Nc2nnc(-c3ccc(C#N)cc3O)c3ccccc23)C1. The number of fused-ring (bicyclic) bond motifs is 1. The van der Waals surface area contributed by atoms with E-state index in [0.29, 0.717) is 29.2 Å². The van der Waals surface area contributed by atoms with Gasteiger partial charge in [-0.25, -0.2) is 0 Å². The summed E-state index contributed by atoms with van der Waals surface area (Å²) in [6.07, 6.45) is 2.08. The monoisotopic (exact) mass is 417 g/mol. The van der Waals surface area contributed by atoms with Gasteiger partial charge in [0.1, 0.15) is 11.4 Å². The number of nitrogens with zero attached hydrogens (tertiary/aromatic N) is 4. The number of hydrogen-bond donors (Lipinski definition) is 3. The summed E-state index contributed by atoms with van der Waals surface area (Å²) >= 11 is 0. The van der Waals surface area contributed by atoms with Crippen molar-refractivity contribution in [2.45, 2.75) is 38.3 Å². The van der Waals surface area contributed by atoms with Crippen molar-refractivity contribution < 1.29 is 10.2 Å². The fourth-order valence-corrected chi connectivity index (χ4v) is 4.27. The second-order valence-corrected chi connectivity index (χ2v) is 8.82. The fourth-order valence-electron chi connectivity index (χ4n) is 4.27. The second-order valence-electron chi connectivity index (χ2n) is 8.82. The van der Waals surface area contributed by atoms with Crippen molar-refractivity contribution in [2.24, 2.45) is 0 Å². The van der Waals surface area contributed by atoms with Crippen LogP contribution in [0.25, 0.3) is 22.0 Å². The van der Waals surface area contributed by atoms with Crippen molar-refractivity contribution >= 4 is 16.6 Å². The molecule has 7 heteroatoms. The molecule has 0 spiro atoms. The second kappa shape index (κ2) is 8.50. The summed E-state index contributed by atoms with van der Waals surface area (Å²) in [5.74, 6) is 0.719. The molecular weight excluding hydrogens is 390 g/mol. The minimum Gasteiger partial charge on any atom is -0.507 e. The highest BCUT2D eigenvalue weighted by Crippen LogP contribution is 2.35. The summed E-state index contributed by atoms with van der Waals surface area (Å²) in [5.41, 5.74) is 0.794. The number of aliphatic hydroxyl groups is 1. The Morgan fingerprint density at radius 1 is 1.19 bits per heavy atom. The molecule has 1 aliphatic heterocycles. The van der Waals surface area contributed by atoms with Gasteiger partial charge in [0, 0.05) is 35.5 Å². The third kappa shape index (κ3) is 4.76. The topological polar surface area (TPSA) is 105 Å². The van der Waals surface area contributed by atoms with Gasteiger partial charge in [0.05, 0.1) is 17.2 Å². The molecule has 0 bridgehead atoms. The maximum atomic E-state index is 10.4. The number of piperidine rings is 1. The molecule has 1 atom stereocenters. The Labute approximate surface area is 182 Å². The van der Waals surface area contributed by atoms with Crippen LogP contribution in [0.15, 0.2) is 42.5 Å². The molecule has 4 rings (SSSR count). The zero-order chi connectivity index (χ0) is 22.0. The average molecular weight is 418 g/mol. The molecule has 3 N–H and O–H groups in total. The van der Waals surface area contributed by atoms with E-state index in [4.69, 9.17) is 5.26 Å². The number of aromatic hydroxyl groups is 1. The van der Waals surface area contributed by atoms with Gasteiger partial charge in [-0.05, 0) is 51.4 Å². The molecule has 7 nitrogen and oxygen atoms in total. The molecule has 0 amide bonds. The summed E-state index contributed by atoms with van der Waals surface area (Å²) in [6, 6.07) is 14.9. The fraction of sp³-hybridized carbons (Fsp3) is 0.375. The van der Waals surface area contributed by atoms with E-state index in [1.807, 2.05) is 44.2 Å². The smallest absolute Gasteiger partial charge is 0.156 e. The Kier molecular flexibility index (Phi) is 5.77. The Morgan fingerprint density at radius 3 is 2.68 bits per heavy atom. The Bertz CT molecular complexity index is 1130. The van der Waals surface area contributed by atoms with E-state index in [0.717, 1.165) is 36.7 Å². The Balaban J connectivity index is 1.64. The van der Waals surface area contributed by atoms with Gasteiger partial charge in [-0.2, -0.15) is 5.26 Å². The molecule has 31 heavy (non-hydrogen) atoms. The maximum Gasteiger partial charge on any atom is 0.156 e. The third-order valence-corrected chi connectivity index (χ3v) is 5.53. The van der Waals surface area contributed by atoms with Crippen LogP contribution in [0.5, 0.6) is 5.75 Å². The van der Waals surface area contributed by atoms with E-state index in [-0.39, 0.29) is 11.8 Å². The highest BCUT2D eigenvalue weighted by molar-refractivity contribution is 6.00. The molecule has 3 aromatic rings. The summed E-state index contributed by atoms with van der Waals surface area (Å²) in [7, 11) is 0. The van der Waals surface area contributed by atoms with E-state index in [1.165, 1.54) is 6.07 Å². The maximum absolute atomic E-state index is 10.4. The molecule has 1 aromatic heterocycles. The summed E-state index contributed by atoms with van der Waals surface area (Å²) < 4.78 is 0. The van der Waals surface area contributed by atoms with Crippen molar-refractivity contribution in [1.29, 1.82) is 5.26 Å². The van der Waals surface area contributed by atoms with Gasteiger partial charge in [0.25, 0.3) is 0 Å². The summed E-state index contributed by atoms with van der Waals surface area (Å²) in [6.45, 7) is 6.11. The number of aromatic nitrogens is 2. The summed E-state index contributed by atoms with van der Waals surface area (Å²) in [5, 5.41) is 43.9. The van der Waals surface area contributed by atoms with Crippen molar-refractivity contribution in [3.05, 3.63) is 48.0 Å². The first-order chi connectivity index (χ1) is 14.8. The van der Waals surface area contributed by atoms with Crippen LogP contribution < -0.4 is 5.32 Å². The van der Waals surface area contributed by atoms with Crippen LogP contribution >= 0.6 is 0 Å². The van der Waals surface area contributed by atoms with E-state index in [2.05, 4.69) is 20.4 Å². The van der Waals surface area contributed by atoms with Crippen LogP contribution in [0.1, 0.15) is 32.3 Å². The van der Waals surface area contributed by atoms with Gasteiger partial charge in [-0.15, -0.1) is 10.2 Å². The molecule has 1 saturated heterocycles. The van der Waals surface area contributed by atoms with Crippen molar-refractivity contribution in [2.75, 3.05) is 25.0 Å². The van der Waals surface area contributed by atoms with Crippen LogP contribution in [0, 0.1) is 11.3 Å². The number of likely N-dealkylation sites (tertiary alicyclic amines) is 1. The Morgan fingerprint density at radius 2 is 1.97 bits per heavy atom. The number of nitrogens with one attached hydrogen (secondary N) is 1. The lowest BCUT2D eigenvalue weighted by molar-refractivity contribution is 0.0286. The molecule has 2 heterocycles. The van der Waals surface area contributed by atoms with Gasteiger partial charge in [-0.3, -0.25) is 4.90 Å². The first-order valence-electron chi connectivity index (χ1n) is 10.5. The standard InChI is InChI=1S/C24H27N5O2/c1-24(2,31)15-29-11-5-6-17(14-29)26-23-19-8-4-3-7-18(19)22(27-28-23)20-10-9-16(13-25)12-21(20)30/h3-4,7-10,12,17,30-31H,5-6,11,14-15H2,1-2H3,(H,26,28)/t17-/m1/s1. The predicted molar refractivity (Wildman–Crippen MR) is 121 cm³/mol. The van der Waals surface area contributed by atoms with Gasteiger partial charge in [0.2, 0.25) is 0 Å². The summed E-state index contributed by atoms with van der Waals surface area (Å²) in [4.78, 5) is 2.28. The quantitative estimate of drug-likeness (QED) is 0.583. The van der Waals surface area contributed by atoms with Gasteiger partial charge < -0.3 is 15.5 Å². The number of rotatable bonds is 5. The third-order valence-electron chi connectivity index (χ3n) is 5.53. The highest BCUT2D eigenvalue weighted by Gasteiger charge is 2.25. The lowest BCUT2D eigenvalue weighted by Crippen LogP contribution is -2.47. The van der Waals surface area contributed by atoms with E-state index < -0.39 is 5.60 Å². The van der Waals surface area contributed by atoms with E-state index >= 15 is 0 Å². The van der Waals surface area contributed by atoms with E-state index in [1.54, 1.807) is 12.1 Å². The first-order valence-corrected chi connectivity index (χ1v) is 10.5. The lowest BCUT2D eigenvalue weighted by Gasteiger charge is -2.36. The van der Waals surface area contributed by atoms with Crippen molar-refractivity contribution in [3.8, 4) is 23.1 Å². The molecular formula is C24H27N5O2. The number of β-amino-alcohol motifs (C(OH)–C–C–N with tert-alkyl or cyclic N) is 1. The van der Waals surface area contributed by atoms with Crippen molar-refractivity contribution in [1.82, 2.24) is 15.1 Å². The minimum absolute atomic E-state index is 0.00810. The molecule has 0 saturated carbocycles. The first kappa shape index (κ1) is 21.0. The molecule has 1 fully saturated rings. The molecule has 160 valence electrons. The van der Waals surface area contributed by atoms with Crippen LogP contribution in [-0.2, 0) is 0 Å². The molecule has 0 radical (unpaired) electrons. The van der Waals surface area contributed by atoms with Crippen LogP contribution in [0.4, 0.5) is 5.82 Å². The lowest BCUT2D eigenvalue weighted by atomic mass is 10.0. The number of hydrogen-bond acceptors (Lipinski definition) is 7. The largest absolute Gasteiger partial charge is 0.507 e. The number of phenols is 1. The van der Waals surface area contributed by atoms with Crippen molar-refractivity contribution in [3.63, 3.8) is 0 Å². The van der Waals surface area contributed by atoms with Gasteiger partial charge >= 0.3 is 0 Å². The van der Waals surface area contributed by atoms with Gasteiger partial charge in [0.15, 0.2) is 5.82 Å². The normalized spacial score (nSPS) is 17.4. The molecule has 2 aromatic carbocycles. The highest BCUT2D eigenvalue weighted by atomic mass is 16.3. The number of phenolic OH excluding ortho intramolecular Hbond substituents is 1. The number of nitriles is 1. The van der Waals surface area contributed by atoms with Gasteiger partial charge in [-0.1, -0.05) is 24.3 Å². The number of benzene rings is 2. The molecule has 0 unspecified atom stereocenters. The predicted octanol–water partition coefficient (Wildman–Crippen LogP) is 3.52. The zero-order valence-corrected chi connectivity index (χ0v) is 17.8. The van der Waals surface area contributed by atoms with Crippen LogP contribution in [0.2, 0.25) is 0 Å². The minimum atomic E-state index is -0.723. The van der Waals surface area contributed by atoms with Crippen LogP contribution in [0.3, 0.4) is 0 Å². The number of anilines is 1. The average Bonchev–Trinajstić information content (AvgIpc) is 2.73. The molecule has 0 aliphatic carbocycles. The van der Waals surface area contributed by atoms with E-state index in [9.17, 15) is 10.2 Å².